The van der Waals surface area contributed by atoms with Gasteiger partial charge in [-0.25, -0.2) is 8.42 Å². The first-order valence-corrected chi connectivity index (χ1v) is 13.1. The Bertz CT molecular complexity index is 1140. The number of aryl methyl sites for hydroxylation is 1. The summed E-state index contributed by atoms with van der Waals surface area (Å²) in [4.78, 5) is 28.3. The van der Waals surface area contributed by atoms with E-state index in [9.17, 15) is 18.0 Å². The Kier molecular flexibility index (Phi) is 6.48. The highest BCUT2D eigenvalue weighted by molar-refractivity contribution is 8.01. The highest BCUT2D eigenvalue weighted by atomic mass is 32.2. The molecule has 2 aromatic carbocycles. The fourth-order valence-electron chi connectivity index (χ4n) is 3.99. The molecule has 9 heteroatoms. The van der Waals surface area contributed by atoms with Crippen molar-refractivity contribution < 1.29 is 18.0 Å². The number of rotatable bonds is 4. The fourth-order valence-corrected chi connectivity index (χ4v) is 6.26. The van der Waals surface area contributed by atoms with Gasteiger partial charge in [-0.3, -0.25) is 13.9 Å². The molecule has 2 aliphatic heterocycles. The number of nitrogens with zero attached hydrogens (tertiary/aromatic N) is 2. The molecule has 2 aliphatic rings. The summed E-state index contributed by atoms with van der Waals surface area (Å²) in [6, 6.07) is 11.9. The summed E-state index contributed by atoms with van der Waals surface area (Å²) in [5.41, 5.74) is 1.93. The Balaban J connectivity index is 1.56. The minimum absolute atomic E-state index is 0.0819. The van der Waals surface area contributed by atoms with E-state index in [0.717, 1.165) is 31.2 Å². The first-order valence-electron chi connectivity index (χ1n) is 10.7. The topological polar surface area (TPSA) is 86.8 Å². The van der Waals surface area contributed by atoms with Gasteiger partial charge in [-0.05, 0) is 55.7 Å². The average molecular weight is 474 g/mol. The van der Waals surface area contributed by atoms with Gasteiger partial charge in [-0.2, -0.15) is 0 Å². The molecule has 1 fully saturated rings. The predicted molar refractivity (Wildman–Crippen MR) is 127 cm³/mol. The van der Waals surface area contributed by atoms with Crippen LogP contribution in [0.5, 0.6) is 0 Å². The first kappa shape index (κ1) is 22.7. The van der Waals surface area contributed by atoms with Crippen LogP contribution in [0.3, 0.4) is 0 Å². The zero-order valence-corrected chi connectivity index (χ0v) is 19.8. The summed E-state index contributed by atoms with van der Waals surface area (Å²) >= 11 is 1.19. The Morgan fingerprint density at radius 2 is 1.81 bits per heavy atom. The maximum absolute atomic E-state index is 13.2. The lowest BCUT2D eigenvalue weighted by Gasteiger charge is -2.29. The number of thioether (sulfide) groups is 1. The molecule has 4 rings (SSSR count). The fraction of sp³-hybridized carbons (Fsp3) is 0.391. The van der Waals surface area contributed by atoms with Crippen molar-refractivity contribution in [1.29, 1.82) is 0 Å². The number of hydrogen-bond acceptors (Lipinski definition) is 5. The molecule has 1 atom stereocenters. The number of fused-ring (bicyclic) bond motifs is 1. The average Bonchev–Trinajstić information content (AvgIpc) is 3.07. The zero-order chi connectivity index (χ0) is 22.9. The van der Waals surface area contributed by atoms with Crippen molar-refractivity contribution in [2.75, 3.05) is 29.8 Å². The van der Waals surface area contributed by atoms with Gasteiger partial charge in [0.15, 0.2) is 5.25 Å². The van der Waals surface area contributed by atoms with Crippen LogP contribution in [-0.4, -0.2) is 50.5 Å². The number of likely N-dealkylation sites (tertiary alicyclic amines) is 1. The molecule has 0 bridgehead atoms. The van der Waals surface area contributed by atoms with E-state index >= 15 is 0 Å². The molecule has 0 radical (unpaired) electrons. The van der Waals surface area contributed by atoms with Crippen LogP contribution >= 0.6 is 11.8 Å². The van der Waals surface area contributed by atoms with Crippen LogP contribution in [-0.2, 0) is 19.6 Å². The van der Waals surface area contributed by atoms with Crippen LogP contribution in [0.15, 0.2) is 52.3 Å². The summed E-state index contributed by atoms with van der Waals surface area (Å²) in [6.07, 6.45) is 4.11. The third-order valence-electron chi connectivity index (χ3n) is 5.86. The largest absolute Gasteiger partial charge is 0.341 e. The molecule has 170 valence electrons. The van der Waals surface area contributed by atoms with E-state index in [1.54, 1.807) is 23.1 Å². The van der Waals surface area contributed by atoms with Gasteiger partial charge in [0, 0.05) is 25.0 Å². The summed E-state index contributed by atoms with van der Waals surface area (Å²) in [5.74, 6) is -0.575. The van der Waals surface area contributed by atoms with Gasteiger partial charge >= 0.3 is 0 Å². The lowest BCUT2D eigenvalue weighted by atomic mass is 10.2. The van der Waals surface area contributed by atoms with Crippen LogP contribution < -0.4 is 9.62 Å². The normalized spacial score (nSPS) is 19.0. The molecule has 1 N–H and O–H groups in total. The Morgan fingerprint density at radius 1 is 1.09 bits per heavy atom. The van der Waals surface area contributed by atoms with Gasteiger partial charge in [0.2, 0.25) is 11.8 Å². The molecule has 0 spiro atoms. The van der Waals surface area contributed by atoms with E-state index in [-0.39, 0.29) is 10.8 Å². The Hall–Kier alpha value is -2.52. The summed E-state index contributed by atoms with van der Waals surface area (Å²) in [7, 11) is -2.31. The standard InChI is InChI=1S/C23H27N3O4S2/c1-16-8-7-9-17(14-16)25(2)32(29,30)18-10-11-20-19(15-18)24-22(27)21(31-20)23(28)26-12-5-3-4-6-13-26/h7-11,14-15,21H,3-6,12-13H2,1-2H3,(H,24,27). The quantitative estimate of drug-likeness (QED) is 0.685. The number of benzene rings is 2. The Labute approximate surface area is 193 Å². The smallest absolute Gasteiger partial charge is 0.264 e. The number of nitrogens with one attached hydrogen (secondary N) is 1. The predicted octanol–water partition coefficient (Wildman–Crippen LogP) is 3.64. The molecule has 2 amide bonds. The molecule has 2 aromatic rings. The zero-order valence-electron chi connectivity index (χ0n) is 18.2. The summed E-state index contributed by atoms with van der Waals surface area (Å²) < 4.78 is 27.6. The van der Waals surface area contributed by atoms with Crippen molar-refractivity contribution >= 4 is 45.0 Å². The minimum Gasteiger partial charge on any atom is -0.341 e. The van der Waals surface area contributed by atoms with Crippen molar-refractivity contribution in [2.24, 2.45) is 0 Å². The van der Waals surface area contributed by atoms with Crippen molar-refractivity contribution in [1.82, 2.24) is 4.90 Å². The van der Waals surface area contributed by atoms with Gasteiger partial charge in [0.05, 0.1) is 16.3 Å². The van der Waals surface area contributed by atoms with Crippen LogP contribution in [0, 0.1) is 6.92 Å². The SMILES string of the molecule is Cc1cccc(N(C)S(=O)(=O)c2ccc3c(c2)NC(=O)C(C(=O)N2CCCCCC2)S3)c1. The van der Waals surface area contributed by atoms with Crippen molar-refractivity contribution in [3.05, 3.63) is 48.0 Å². The van der Waals surface area contributed by atoms with E-state index in [4.69, 9.17) is 0 Å². The number of anilines is 2. The highest BCUT2D eigenvalue weighted by Gasteiger charge is 2.36. The second-order valence-electron chi connectivity index (χ2n) is 8.20. The van der Waals surface area contributed by atoms with Gasteiger partial charge in [-0.15, -0.1) is 11.8 Å². The number of carbonyl (C=O) groups excluding carboxylic acids is 2. The maximum atomic E-state index is 13.2. The molecule has 2 heterocycles. The van der Waals surface area contributed by atoms with Crippen molar-refractivity contribution in [2.45, 2.75) is 47.6 Å². The molecule has 0 aliphatic carbocycles. The molecular weight excluding hydrogens is 446 g/mol. The van der Waals surface area contributed by atoms with Gasteiger partial charge in [0.25, 0.3) is 10.0 Å². The molecule has 0 saturated carbocycles. The third kappa shape index (κ3) is 4.49. The molecular formula is C23H27N3O4S2. The van der Waals surface area contributed by atoms with E-state index in [0.29, 0.717) is 29.4 Å². The second kappa shape index (κ2) is 9.15. The van der Waals surface area contributed by atoms with Crippen molar-refractivity contribution in [3.63, 3.8) is 0 Å². The second-order valence-corrected chi connectivity index (χ2v) is 11.3. The van der Waals surface area contributed by atoms with Crippen LogP contribution in [0.1, 0.15) is 31.2 Å². The number of sulfonamides is 1. The van der Waals surface area contributed by atoms with Crippen LogP contribution in [0.2, 0.25) is 0 Å². The number of carbonyl (C=O) groups is 2. The molecule has 32 heavy (non-hydrogen) atoms. The van der Waals surface area contributed by atoms with Gasteiger partial charge in [-0.1, -0.05) is 25.0 Å². The van der Waals surface area contributed by atoms with Crippen LogP contribution in [0.25, 0.3) is 0 Å². The molecule has 1 saturated heterocycles. The van der Waals surface area contributed by atoms with E-state index in [2.05, 4.69) is 5.32 Å². The van der Waals surface area contributed by atoms with Gasteiger partial charge in [0.1, 0.15) is 0 Å². The van der Waals surface area contributed by atoms with E-state index in [1.165, 1.54) is 35.2 Å². The third-order valence-corrected chi connectivity index (χ3v) is 8.90. The molecule has 1 unspecified atom stereocenters. The Morgan fingerprint density at radius 3 is 2.50 bits per heavy atom. The number of amides is 2. The van der Waals surface area contributed by atoms with Crippen molar-refractivity contribution in [3.8, 4) is 0 Å². The van der Waals surface area contributed by atoms with E-state index in [1.807, 2.05) is 19.1 Å². The lowest BCUT2D eigenvalue weighted by Crippen LogP contribution is -2.45. The summed E-state index contributed by atoms with van der Waals surface area (Å²) in [6.45, 7) is 3.26. The molecule has 7 nitrogen and oxygen atoms in total. The monoisotopic (exact) mass is 473 g/mol. The summed E-state index contributed by atoms with van der Waals surface area (Å²) in [5, 5.41) is 1.91. The maximum Gasteiger partial charge on any atom is 0.264 e. The first-order chi connectivity index (χ1) is 15.3. The van der Waals surface area contributed by atoms with E-state index < -0.39 is 21.2 Å². The number of hydrogen-bond donors (Lipinski definition) is 1. The van der Waals surface area contributed by atoms with Gasteiger partial charge < -0.3 is 10.2 Å². The van der Waals surface area contributed by atoms with Crippen LogP contribution in [0.4, 0.5) is 11.4 Å². The minimum atomic E-state index is -3.81. The molecule has 0 aromatic heterocycles. The lowest BCUT2D eigenvalue weighted by molar-refractivity contribution is -0.133. The highest BCUT2D eigenvalue weighted by Crippen LogP contribution is 2.38.